The van der Waals surface area contributed by atoms with Gasteiger partial charge in [-0.25, -0.2) is 0 Å². The number of rotatable bonds is 7. The van der Waals surface area contributed by atoms with Gasteiger partial charge < -0.3 is 11.1 Å². The van der Waals surface area contributed by atoms with Crippen LogP contribution in [0.4, 0.5) is 5.69 Å². The van der Waals surface area contributed by atoms with Gasteiger partial charge in [0.05, 0.1) is 12.0 Å². The fourth-order valence-corrected chi connectivity index (χ4v) is 3.87. The third kappa shape index (κ3) is 5.20. The highest BCUT2D eigenvalue weighted by Crippen LogP contribution is 2.27. The molecule has 4 rings (SSSR count). The van der Waals surface area contributed by atoms with Crippen molar-refractivity contribution in [3.8, 4) is 0 Å². The fraction of sp³-hybridized carbons (Fsp3) is 0.107. The summed E-state index contributed by atoms with van der Waals surface area (Å²) in [5.41, 5.74) is 10.7. The fourth-order valence-electron chi connectivity index (χ4n) is 3.87. The highest BCUT2D eigenvalue weighted by atomic mass is 16.1. The summed E-state index contributed by atoms with van der Waals surface area (Å²) in [6.07, 6.45) is 0.687. The van der Waals surface area contributed by atoms with Crippen molar-refractivity contribution in [2.45, 2.75) is 18.4 Å². The Bertz CT molecular complexity index is 1050. The lowest BCUT2D eigenvalue weighted by molar-refractivity contribution is -0.122. The summed E-state index contributed by atoms with van der Waals surface area (Å²) in [6.45, 7) is 0. The standard InChI is InChI=1S/C28H26N2O/c29-25-18-16-21(17-19-25)20-26(22-10-4-1-5-11-22)30-28(31)27(23-12-6-2-7-13-23)24-14-8-3-9-15-24/h1-19,26-27H,20,29H2,(H,30,31)/t26-/m0/s1. The van der Waals surface area contributed by atoms with E-state index in [2.05, 4.69) is 17.4 Å². The molecule has 1 amide bonds. The van der Waals surface area contributed by atoms with Crippen molar-refractivity contribution in [3.05, 3.63) is 138 Å². The van der Waals surface area contributed by atoms with Crippen LogP contribution in [0.2, 0.25) is 0 Å². The molecular weight excluding hydrogens is 380 g/mol. The first-order valence-corrected chi connectivity index (χ1v) is 10.5. The molecule has 0 aromatic heterocycles. The summed E-state index contributed by atoms with van der Waals surface area (Å²) in [4.78, 5) is 13.6. The molecule has 3 N–H and O–H groups in total. The van der Waals surface area contributed by atoms with Crippen LogP contribution in [-0.4, -0.2) is 5.91 Å². The Kier molecular flexibility index (Phi) is 6.44. The summed E-state index contributed by atoms with van der Waals surface area (Å²) >= 11 is 0. The van der Waals surface area contributed by atoms with E-state index >= 15 is 0 Å². The minimum atomic E-state index is -0.375. The van der Waals surface area contributed by atoms with E-state index in [9.17, 15) is 4.79 Å². The number of carbonyl (C=O) groups excluding carboxylic acids is 1. The lowest BCUT2D eigenvalue weighted by atomic mass is 9.89. The van der Waals surface area contributed by atoms with Crippen molar-refractivity contribution in [1.29, 1.82) is 0 Å². The van der Waals surface area contributed by atoms with Crippen LogP contribution in [-0.2, 0) is 11.2 Å². The van der Waals surface area contributed by atoms with E-state index in [1.807, 2.05) is 103 Å². The Morgan fingerprint density at radius 1 is 0.645 bits per heavy atom. The topological polar surface area (TPSA) is 55.1 Å². The van der Waals surface area contributed by atoms with E-state index in [1.165, 1.54) is 0 Å². The van der Waals surface area contributed by atoms with Crippen LogP contribution >= 0.6 is 0 Å². The summed E-state index contributed by atoms with van der Waals surface area (Å²) in [6, 6.07) is 37.7. The zero-order chi connectivity index (χ0) is 21.5. The summed E-state index contributed by atoms with van der Waals surface area (Å²) < 4.78 is 0. The molecule has 154 valence electrons. The van der Waals surface area contributed by atoms with Crippen LogP contribution in [0.15, 0.2) is 115 Å². The van der Waals surface area contributed by atoms with Crippen LogP contribution in [0.5, 0.6) is 0 Å². The third-order valence-corrected chi connectivity index (χ3v) is 5.47. The Hall–Kier alpha value is -3.85. The average molecular weight is 407 g/mol. The molecule has 0 unspecified atom stereocenters. The van der Waals surface area contributed by atoms with Crippen LogP contribution in [0.25, 0.3) is 0 Å². The van der Waals surface area contributed by atoms with E-state index in [1.54, 1.807) is 0 Å². The van der Waals surface area contributed by atoms with E-state index in [-0.39, 0.29) is 17.9 Å². The first-order chi connectivity index (χ1) is 15.2. The van der Waals surface area contributed by atoms with Gasteiger partial charge in [-0.3, -0.25) is 4.79 Å². The zero-order valence-corrected chi connectivity index (χ0v) is 17.3. The number of amides is 1. The Morgan fingerprint density at radius 2 is 1.10 bits per heavy atom. The molecule has 3 nitrogen and oxygen atoms in total. The molecule has 1 atom stereocenters. The quantitative estimate of drug-likeness (QED) is 0.398. The van der Waals surface area contributed by atoms with Crippen molar-refractivity contribution in [1.82, 2.24) is 5.32 Å². The van der Waals surface area contributed by atoms with E-state index in [0.717, 1.165) is 27.9 Å². The monoisotopic (exact) mass is 406 g/mol. The molecule has 4 aromatic carbocycles. The molecule has 3 heteroatoms. The number of hydrogen-bond donors (Lipinski definition) is 2. The molecule has 0 aliphatic rings. The van der Waals surface area contributed by atoms with Crippen molar-refractivity contribution in [3.63, 3.8) is 0 Å². The largest absolute Gasteiger partial charge is 0.399 e. The van der Waals surface area contributed by atoms with Crippen LogP contribution in [0.1, 0.15) is 34.2 Å². The van der Waals surface area contributed by atoms with E-state index < -0.39 is 0 Å². The highest BCUT2D eigenvalue weighted by molar-refractivity contribution is 5.87. The Morgan fingerprint density at radius 3 is 1.58 bits per heavy atom. The highest BCUT2D eigenvalue weighted by Gasteiger charge is 2.25. The van der Waals surface area contributed by atoms with Gasteiger partial charge in [-0.2, -0.15) is 0 Å². The van der Waals surface area contributed by atoms with Gasteiger partial charge in [0, 0.05) is 5.69 Å². The Balaban J connectivity index is 1.65. The molecule has 0 radical (unpaired) electrons. The molecule has 0 saturated heterocycles. The first kappa shape index (κ1) is 20.4. The van der Waals surface area contributed by atoms with Gasteiger partial charge in [-0.05, 0) is 40.8 Å². The number of benzene rings is 4. The molecule has 0 aliphatic heterocycles. The molecule has 0 spiro atoms. The second-order valence-corrected chi connectivity index (χ2v) is 7.67. The second kappa shape index (κ2) is 9.77. The lowest BCUT2D eigenvalue weighted by Gasteiger charge is -2.24. The van der Waals surface area contributed by atoms with Crippen molar-refractivity contribution in [2.24, 2.45) is 0 Å². The van der Waals surface area contributed by atoms with Gasteiger partial charge in [0.25, 0.3) is 0 Å². The zero-order valence-electron chi connectivity index (χ0n) is 17.3. The molecule has 0 aliphatic carbocycles. The summed E-state index contributed by atoms with van der Waals surface area (Å²) in [5.74, 6) is -0.387. The van der Waals surface area contributed by atoms with Crippen molar-refractivity contribution in [2.75, 3.05) is 5.73 Å². The number of hydrogen-bond acceptors (Lipinski definition) is 2. The summed E-state index contributed by atoms with van der Waals surface area (Å²) in [7, 11) is 0. The normalized spacial score (nSPS) is 11.8. The smallest absolute Gasteiger partial charge is 0.232 e. The second-order valence-electron chi connectivity index (χ2n) is 7.67. The first-order valence-electron chi connectivity index (χ1n) is 10.5. The van der Waals surface area contributed by atoms with E-state index in [0.29, 0.717) is 6.42 Å². The van der Waals surface area contributed by atoms with Gasteiger partial charge in [-0.1, -0.05) is 103 Å². The molecule has 0 bridgehead atoms. The average Bonchev–Trinajstić information content (AvgIpc) is 2.82. The maximum Gasteiger partial charge on any atom is 0.232 e. The van der Waals surface area contributed by atoms with Crippen LogP contribution in [0.3, 0.4) is 0 Å². The number of nitrogens with one attached hydrogen (secondary N) is 1. The van der Waals surface area contributed by atoms with Gasteiger partial charge in [0.2, 0.25) is 5.91 Å². The lowest BCUT2D eigenvalue weighted by Crippen LogP contribution is -2.34. The van der Waals surface area contributed by atoms with Gasteiger partial charge in [-0.15, -0.1) is 0 Å². The SMILES string of the molecule is Nc1ccc(C[C@H](NC(=O)C(c2ccccc2)c2ccccc2)c2ccccc2)cc1. The molecule has 31 heavy (non-hydrogen) atoms. The number of anilines is 1. The summed E-state index contributed by atoms with van der Waals surface area (Å²) in [5, 5.41) is 3.32. The van der Waals surface area contributed by atoms with Crippen molar-refractivity contribution >= 4 is 11.6 Å². The minimum absolute atomic E-state index is 0.0123. The predicted octanol–water partition coefficient (Wildman–Crippen LogP) is 5.50. The number of nitrogen functional groups attached to an aromatic ring is 1. The van der Waals surface area contributed by atoms with Crippen molar-refractivity contribution < 1.29 is 4.79 Å². The van der Waals surface area contributed by atoms with Crippen LogP contribution in [0, 0.1) is 0 Å². The van der Waals surface area contributed by atoms with Gasteiger partial charge in [0.1, 0.15) is 0 Å². The van der Waals surface area contributed by atoms with Gasteiger partial charge >= 0.3 is 0 Å². The molecular formula is C28H26N2O. The van der Waals surface area contributed by atoms with Gasteiger partial charge in [0.15, 0.2) is 0 Å². The maximum absolute atomic E-state index is 13.6. The number of carbonyl (C=O) groups is 1. The van der Waals surface area contributed by atoms with Crippen LogP contribution < -0.4 is 11.1 Å². The Labute approximate surface area is 183 Å². The molecule has 0 fully saturated rings. The third-order valence-electron chi connectivity index (χ3n) is 5.47. The predicted molar refractivity (Wildman–Crippen MR) is 127 cm³/mol. The minimum Gasteiger partial charge on any atom is -0.399 e. The molecule has 0 heterocycles. The molecule has 4 aromatic rings. The maximum atomic E-state index is 13.6. The number of nitrogens with two attached hydrogens (primary N) is 1. The van der Waals surface area contributed by atoms with E-state index in [4.69, 9.17) is 5.73 Å². The molecule has 0 saturated carbocycles.